The summed E-state index contributed by atoms with van der Waals surface area (Å²) in [5, 5.41) is 8.56. The molecule has 1 saturated heterocycles. The van der Waals surface area contributed by atoms with Crippen molar-refractivity contribution in [3.05, 3.63) is 0 Å². The van der Waals surface area contributed by atoms with Crippen LogP contribution in [0.1, 0.15) is 0 Å². The molecule has 1 N–H and O–H groups in total. The Kier molecular flexibility index (Phi) is 1.35. The van der Waals surface area contributed by atoms with Gasteiger partial charge in [0.2, 0.25) is 11.6 Å². The molecule has 0 saturated carbocycles. The Labute approximate surface area is 50.1 Å². The van der Waals surface area contributed by atoms with Crippen LogP contribution in [0.25, 0.3) is 0 Å². The van der Waals surface area contributed by atoms with Gasteiger partial charge in [-0.05, 0) is 0 Å². The van der Waals surface area contributed by atoms with Gasteiger partial charge in [0.05, 0.1) is 5.75 Å². The van der Waals surface area contributed by atoms with Gasteiger partial charge in [-0.3, -0.25) is 9.59 Å². The smallest absolute Gasteiger partial charge is 0.237 e. The Morgan fingerprint density at radius 2 is 2.25 bits per heavy atom. The van der Waals surface area contributed by atoms with Crippen molar-refractivity contribution in [3.63, 3.8) is 0 Å². The predicted octanol–water partition coefficient (Wildman–Crippen LogP) is -0.810. The standard InChI is InChI=1S/C4H4O3S/c5-2-1-8-4(7)3(2)6/h4,7H,1H2. The highest BCUT2D eigenvalue weighted by molar-refractivity contribution is 8.02. The number of Topliss-reactive ketones (excluding diaryl/α,β-unsaturated/α-hetero) is 2. The average Bonchev–Trinajstić information content (AvgIpc) is 1.98. The quantitative estimate of drug-likeness (QED) is 0.438. The van der Waals surface area contributed by atoms with Gasteiger partial charge in [0.15, 0.2) is 5.44 Å². The molecule has 8 heavy (non-hydrogen) atoms. The van der Waals surface area contributed by atoms with E-state index in [1.165, 1.54) is 0 Å². The lowest BCUT2D eigenvalue weighted by Gasteiger charge is -1.88. The van der Waals surface area contributed by atoms with Crippen molar-refractivity contribution in [1.82, 2.24) is 0 Å². The minimum Gasteiger partial charge on any atom is -0.374 e. The summed E-state index contributed by atoms with van der Waals surface area (Å²) in [5.41, 5.74) is -1.08. The van der Waals surface area contributed by atoms with Gasteiger partial charge >= 0.3 is 0 Å². The van der Waals surface area contributed by atoms with Gasteiger partial charge in [-0.1, -0.05) is 0 Å². The number of thioether (sulfide) groups is 1. The third-order valence-electron chi connectivity index (χ3n) is 0.871. The van der Waals surface area contributed by atoms with Crippen LogP contribution >= 0.6 is 11.8 Å². The number of rotatable bonds is 0. The summed E-state index contributed by atoms with van der Waals surface area (Å²) in [6.45, 7) is 0. The Balaban J connectivity index is 2.71. The summed E-state index contributed by atoms with van der Waals surface area (Å²) in [7, 11) is 0. The predicted molar refractivity (Wildman–Crippen MR) is 28.5 cm³/mol. The van der Waals surface area contributed by atoms with Crippen molar-refractivity contribution in [2.75, 3.05) is 5.75 Å². The molecule has 1 atom stereocenters. The van der Waals surface area contributed by atoms with Crippen LogP contribution in [0.3, 0.4) is 0 Å². The molecule has 0 spiro atoms. The Hall–Kier alpha value is -0.350. The molecule has 1 rings (SSSR count). The van der Waals surface area contributed by atoms with E-state index >= 15 is 0 Å². The van der Waals surface area contributed by atoms with Gasteiger partial charge in [-0.15, -0.1) is 11.8 Å². The molecule has 4 heteroatoms. The second-order valence-electron chi connectivity index (χ2n) is 1.45. The molecular weight excluding hydrogens is 128 g/mol. The molecule has 1 aliphatic rings. The third-order valence-corrected chi connectivity index (χ3v) is 1.83. The highest BCUT2D eigenvalue weighted by Gasteiger charge is 2.30. The zero-order chi connectivity index (χ0) is 6.15. The van der Waals surface area contributed by atoms with Gasteiger partial charge < -0.3 is 5.11 Å². The monoisotopic (exact) mass is 132 g/mol. The Bertz CT molecular complexity index is 142. The summed E-state index contributed by atoms with van der Waals surface area (Å²) in [5.74, 6) is -0.988. The number of ketones is 2. The summed E-state index contributed by atoms with van der Waals surface area (Å²) in [6.07, 6.45) is 0. The van der Waals surface area contributed by atoms with Crippen molar-refractivity contribution in [1.29, 1.82) is 0 Å². The molecule has 1 aliphatic heterocycles. The van der Waals surface area contributed by atoms with Gasteiger partial charge in [-0.2, -0.15) is 0 Å². The lowest BCUT2D eigenvalue weighted by atomic mass is 10.3. The number of aliphatic hydroxyl groups excluding tert-OH is 1. The molecule has 0 aliphatic carbocycles. The second-order valence-corrected chi connectivity index (χ2v) is 2.52. The molecule has 3 nitrogen and oxygen atoms in total. The van der Waals surface area contributed by atoms with Crippen LogP contribution in [0.2, 0.25) is 0 Å². The summed E-state index contributed by atoms with van der Waals surface area (Å²) in [4.78, 5) is 20.5. The molecule has 1 heterocycles. The summed E-state index contributed by atoms with van der Waals surface area (Å²) >= 11 is 0.970. The summed E-state index contributed by atoms with van der Waals surface area (Å²) in [6, 6.07) is 0. The molecule has 0 amide bonds. The molecule has 0 bridgehead atoms. The van der Waals surface area contributed by atoms with Gasteiger partial charge in [0.1, 0.15) is 0 Å². The first-order valence-electron chi connectivity index (χ1n) is 2.08. The first kappa shape index (κ1) is 5.78. The van der Waals surface area contributed by atoms with Crippen LogP contribution in [-0.4, -0.2) is 27.9 Å². The molecule has 0 aromatic rings. The van der Waals surface area contributed by atoms with E-state index in [1.807, 2.05) is 0 Å². The zero-order valence-corrected chi connectivity index (χ0v) is 4.77. The normalized spacial score (nSPS) is 29.4. The maximum absolute atomic E-state index is 10.3. The van der Waals surface area contributed by atoms with E-state index in [1.54, 1.807) is 0 Å². The van der Waals surface area contributed by atoms with E-state index in [0.717, 1.165) is 11.8 Å². The van der Waals surface area contributed by atoms with Crippen LogP contribution in [0.15, 0.2) is 0 Å². The van der Waals surface area contributed by atoms with Crippen LogP contribution in [0, 0.1) is 0 Å². The maximum atomic E-state index is 10.3. The fraction of sp³-hybridized carbons (Fsp3) is 0.500. The average molecular weight is 132 g/mol. The van der Waals surface area contributed by atoms with Crippen LogP contribution in [-0.2, 0) is 9.59 Å². The van der Waals surface area contributed by atoms with E-state index in [-0.39, 0.29) is 5.75 Å². The topological polar surface area (TPSA) is 54.4 Å². The lowest BCUT2D eigenvalue weighted by molar-refractivity contribution is -0.136. The lowest BCUT2D eigenvalue weighted by Crippen LogP contribution is -2.16. The Morgan fingerprint density at radius 1 is 1.62 bits per heavy atom. The van der Waals surface area contributed by atoms with Crippen molar-refractivity contribution >= 4 is 23.3 Å². The van der Waals surface area contributed by atoms with E-state index in [9.17, 15) is 9.59 Å². The first-order chi connectivity index (χ1) is 3.72. The maximum Gasteiger partial charge on any atom is 0.237 e. The molecule has 44 valence electrons. The van der Waals surface area contributed by atoms with Crippen molar-refractivity contribution in [3.8, 4) is 0 Å². The molecule has 0 radical (unpaired) electrons. The zero-order valence-electron chi connectivity index (χ0n) is 3.96. The molecule has 1 fully saturated rings. The number of aliphatic hydroxyl groups is 1. The van der Waals surface area contributed by atoms with Gasteiger partial charge in [-0.25, -0.2) is 0 Å². The molecule has 0 aromatic heterocycles. The van der Waals surface area contributed by atoms with Crippen molar-refractivity contribution < 1.29 is 14.7 Å². The third kappa shape index (κ3) is 0.763. The largest absolute Gasteiger partial charge is 0.374 e. The second kappa shape index (κ2) is 1.87. The minimum atomic E-state index is -1.08. The molecule has 0 aromatic carbocycles. The van der Waals surface area contributed by atoms with E-state index in [2.05, 4.69) is 0 Å². The fourth-order valence-corrected chi connectivity index (χ4v) is 1.17. The molecule has 1 unspecified atom stereocenters. The highest BCUT2D eigenvalue weighted by Crippen LogP contribution is 2.16. The Morgan fingerprint density at radius 3 is 2.38 bits per heavy atom. The van der Waals surface area contributed by atoms with E-state index in [4.69, 9.17) is 5.11 Å². The number of carbonyl (C=O) groups excluding carboxylic acids is 2. The number of carbonyl (C=O) groups is 2. The van der Waals surface area contributed by atoms with Gasteiger partial charge in [0, 0.05) is 0 Å². The van der Waals surface area contributed by atoms with Crippen molar-refractivity contribution in [2.45, 2.75) is 5.44 Å². The molecular formula is C4H4O3S. The summed E-state index contributed by atoms with van der Waals surface area (Å²) < 4.78 is 0. The van der Waals surface area contributed by atoms with Crippen molar-refractivity contribution in [2.24, 2.45) is 0 Å². The van der Waals surface area contributed by atoms with E-state index in [0.29, 0.717) is 0 Å². The fourth-order valence-electron chi connectivity index (χ4n) is 0.439. The first-order valence-corrected chi connectivity index (χ1v) is 3.13. The van der Waals surface area contributed by atoms with Crippen LogP contribution in [0.4, 0.5) is 0 Å². The van der Waals surface area contributed by atoms with Crippen LogP contribution in [0.5, 0.6) is 0 Å². The van der Waals surface area contributed by atoms with E-state index < -0.39 is 17.0 Å². The highest BCUT2D eigenvalue weighted by atomic mass is 32.2. The number of hydrogen-bond acceptors (Lipinski definition) is 4. The SMILES string of the molecule is O=C1CSC(O)C1=O. The minimum absolute atomic E-state index is 0.139. The number of hydrogen-bond donors (Lipinski definition) is 1. The van der Waals surface area contributed by atoms with Crippen LogP contribution < -0.4 is 0 Å². The van der Waals surface area contributed by atoms with Gasteiger partial charge in [0.25, 0.3) is 0 Å².